The van der Waals surface area contributed by atoms with Gasteiger partial charge in [-0.3, -0.25) is 9.48 Å². The van der Waals surface area contributed by atoms with Gasteiger partial charge in [0, 0.05) is 30.7 Å². The van der Waals surface area contributed by atoms with Gasteiger partial charge < -0.3 is 20.1 Å². The van der Waals surface area contributed by atoms with Crippen molar-refractivity contribution < 1.29 is 23.8 Å². The van der Waals surface area contributed by atoms with Gasteiger partial charge in [0.1, 0.15) is 23.4 Å². The lowest BCUT2D eigenvalue weighted by Crippen LogP contribution is -2.37. The Morgan fingerprint density at radius 2 is 2.06 bits per heavy atom. The number of carboxylic acid groups (broad SMARTS) is 1. The lowest BCUT2D eigenvalue weighted by Gasteiger charge is -2.27. The number of carbonyl (C=O) groups excluding carboxylic acids is 1. The van der Waals surface area contributed by atoms with E-state index in [1.165, 1.54) is 23.0 Å². The highest BCUT2D eigenvalue weighted by Crippen LogP contribution is 2.25. The average Bonchev–Trinajstić information content (AvgIpc) is 3.17. The van der Waals surface area contributed by atoms with Crippen LogP contribution in [0.4, 0.5) is 15.9 Å². The second-order valence-corrected chi connectivity index (χ2v) is 7.20. The first kappa shape index (κ1) is 20.7. The highest BCUT2D eigenvalue weighted by Gasteiger charge is 2.20. The zero-order chi connectivity index (χ0) is 22.0. The maximum atomic E-state index is 14.6. The number of fused-ring (bicyclic) bond motifs is 1. The molecule has 0 radical (unpaired) electrons. The highest BCUT2D eigenvalue weighted by atomic mass is 19.1. The third-order valence-electron chi connectivity index (χ3n) is 5.15. The number of ether oxygens (including phenoxy) is 1. The molecule has 0 aliphatic carbocycles. The van der Waals surface area contributed by atoms with Crippen LogP contribution in [0.15, 0.2) is 36.5 Å². The summed E-state index contributed by atoms with van der Waals surface area (Å²) >= 11 is 0. The summed E-state index contributed by atoms with van der Waals surface area (Å²) in [6.45, 7) is 4.29. The van der Waals surface area contributed by atoms with E-state index >= 15 is 0 Å². The summed E-state index contributed by atoms with van der Waals surface area (Å²) in [5.41, 5.74) is 0.442. The van der Waals surface area contributed by atoms with E-state index in [0.29, 0.717) is 49.4 Å². The van der Waals surface area contributed by atoms with Crippen LogP contribution in [0.25, 0.3) is 10.9 Å². The first-order valence-electron chi connectivity index (χ1n) is 9.98. The molecule has 1 fully saturated rings. The molecular weight excluding hydrogens is 405 g/mol. The first-order chi connectivity index (χ1) is 15.0. The first-order valence-corrected chi connectivity index (χ1v) is 9.98. The van der Waals surface area contributed by atoms with Gasteiger partial charge in [0.2, 0.25) is 0 Å². The quantitative estimate of drug-likeness (QED) is 0.622. The fourth-order valence-corrected chi connectivity index (χ4v) is 3.50. The summed E-state index contributed by atoms with van der Waals surface area (Å²) in [5, 5.41) is 16.5. The Bertz CT molecular complexity index is 1130. The van der Waals surface area contributed by atoms with E-state index in [9.17, 15) is 19.1 Å². The van der Waals surface area contributed by atoms with Crippen molar-refractivity contribution in [1.82, 2.24) is 14.8 Å². The van der Waals surface area contributed by atoms with Crippen molar-refractivity contribution in [3.63, 3.8) is 0 Å². The summed E-state index contributed by atoms with van der Waals surface area (Å²) in [6, 6.07) is 6.87. The van der Waals surface area contributed by atoms with Crippen molar-refractivity contribution in [1.29, 1.82) is 0 Å². The molecule has 162 valence electrons. The molecule has 31 heavy (non-hydrogen) atoms. The van der Waals surface area contributed by atoms with Crippen LogP contribution in [-0.4, -0.2) is 58.1 Å². The number of carboxylic acids is 1. The number of rotatable bonds is 6. The Hall–Kier alpha value is -3.53. The summed E-state index contributed by atoms with van der Waals surface area (Å²) in [6.07, 6.45) is 1.87. The molecule has 3 heterocycles. The van der Waals surface area contributed by atoms with Crippen molar-refractivity contribution in [3.05, 3.63) is 48.0 Å². The van der Waals surface area contributed by atoms with E-state index in [1.54, 1.807) is 19.1 Å². The second-order valence-electron chi connectivity index (χ2n) is 7.20. The molecule has 2 N–H and O–H groups in total. The van der Waals surface area contributed by atoms with Crippen LogP contribution in [0.1, 0.15) is 29.9 Å². The molecule has 9 nitrogen and oxygen atoms in total. The number of aliphatic carboxylic acids is 1. The number of amides is 1. The maximum Gasteiger partial charge on any atom is 0.328 e. The zero-order valence-electron chi connectivity index (χ0n) is 16.9. The summed E-state index contributed by atoms with van der Waals surface area (Å²) < 4.78 is 21.2. The van der Waals surface area contributed by atoms with Crippen LogP contribution in [0.5, 0.6) is 0 Å². The fraction of sp³-hybridized carbons (Fsp3) is 0.333. The SMILES string of the molecule is CCC(C(=O)O)n1cc2cc(NC(=O)c3cccc(N4CCOCC4)n3)c(F)cc2n1. The van der Waals surface area contributed by atoms with Gasteiger partial charge in [-0.05, 0) is 24.6 Å². The number of halogens is 1. The number of pyridine rings is 1. The van der Waals surface area contributed by atoms with Crippen molar-refractivity contribution in [2.45, 2.75) is 19.4 Å². The predicted octanol–water partition coefficient (Wildman–Crippen LogP) is 2.70. The molecule has 1 aromatic carbocycles. The van der Waals surface area contributed by atoms with Gasteiger partial charge in [-0.15, -0.1) is 0 Å². The van der Waals surface area contributed by atoms with Crippen LogP contribution in [0, 0.1) is 5.82 Å². The van der Waals surface area contributed by atoms with Crippen molar-refractivity contribution in [2.75, 3.05) is 36.5 Å². The number of carbonyl (C=O) groups is 2. The van der Waals surface area contributed by atoms with Gasteiger partial charge >= 0.3 is 5.97 Å². The van der Waals surface area contributed by atoms with Gasteiger partial charge in [-0.1, -0.05) is 13.0 Å². The van der Waals surface area contributed by atoms with E-state index in [1.807, 2.05) is 11.0 Å². The molecule has 10 heteroatoms. The number of hydrogen-bond acceptors (Lipinski definition) is 6. The normalized spacial score (nSPS) is 15.1. The molecule has 4 rings (SSSR count). The third kappa shape index (κ3) is 4.33. The number of hydrogen-bond donors (Lipinski definition) is 2. The fourth-order valence-electron chi connectivity index (χ4n) is 3.50. The molecule has 1 saturated heterocycles. The standard InChI is InChI=1S/C21H22FN5O4/c1-2-18(21(29)30)27-12-13-10-17(14(22)11-16(13)25-27)24-20(28)15-4-3-5-19(23-15)26-6-8-31-9-7-26/h3-5,10-12,18H,2,6-9H2,1H3,(H,24,28)(H,29,30). The monoisotopic (exact) mass is 427 g/mol. The molecule has 1 aliphatic rings. The Labute approximate surface area is 177 Å². The maximum absolute atomic E-state index is 14.6. The van der Waals surface area contributed by atoms with Crippen LogP contribution in [0.3, 0.4) is 0 Å². The smallest absolute Gasteiger partial charge is 0.328 e. The molecule has 0 bridgehead atoms. The molecule has 2 aromatic heterocycles. The molecular formula is C21H22FN5O4. The molecule has 1 atom stereocenters. The number of morpholine rings is 1. The van der Waals surface area contributed by atoms with E-state index in [2.05, 4.69) is 15.4 Å². The second kappa shape index (κ2) is 8.68. The number of anilines is 2. The van der Waals surface area contributed by atoms with E-state index in [0.717, 1.165) is 0 Å². The summed E-state index contributed by atoms with van der Waals surface area (Å²) in [7, 11) is 0. The topological polar surface area (TPSA) is 110 Å². The van der Waals surface area contributed by atoms with Crippen LogP contribution in [-0.2, 0) is 9.53 Å². The van der Waals surface area contributed by atoms with Gasteiger partial charge in [-0.25, -0.2) is 14.2 Å². The van der Waals surface area contributed by atoms with Gasteiger partial charge in [0.25, 0.3) is 5.91 Å². The largest absolute Gasteiger partial charge is 0.480 e. The van der Waals surface area contributed by atoms with Gasteiger partial charge in [0.15, 0.2) is 0 Å². The Balaban J connectivity index is 1.57. The third-order valence-corrected chi connectivity index (χ3v) is 5.15. The van der Waals surface area contributed by atoms with Crippen LogP contribution >= 0.6 is 0 Å². The lowest BCUT2D eigenvalue weighted by atomic mass is 10.2. The van der Waals surface area contributed by atoms with Crippen molar-refractivity contribution >= 4 is 34.3 Å². The molecule has 1 unspecified atom stereocenters. The zero-order valence-corrected chi connectivity index (χ0v) is 16.9. The van der Waals surface area contributed by atoms with Crippen molar-refractivity contribution in [2.24, 2.45) is 0 Å². The minimum atomic E-state index is -1.02. The Morgan fingerprint density at radius 3 is 2.77 bits per heavy atom. The highest BCUT2D eigenvalue weighted by molar-refractivity contribution is 6.04. The molecule has 0 saturated carbocycles. The van der Waals surface area contributed by atoms with Crippen LogP contribution < -0.4 is 10.2 Å². The number of benzene rings is 1. The molecule has 1 aliphatic heterocycles. The molecule has 0 spiro atoms. The van der Waals surface area contributed by atoms with Gasteiger partial charge in [-0.2, -0.15) is 5.10 Å². The Morgan fingerprint density at radius 1 is 1.29 bits per heavy atom. The average molecular weight is 427 g/mol. The van der Waals surface area contributed by atoms with Gasteiger partial charge in [0.05, 0.1) is 24.4 Å². The number of aromatic nitrogens is 3. The predicted molar refractivity (Wildman–Crippen MR) is 112 cm³/mol. The number of nitrogens with zero attached hydrogens (tertiary/aromatic N) is 4. The molecule has 1 amide bonds. The van der Waals surface area contributed by atoms with E-state index < -0.39 is 23.7 Å². The van der Waals surface area contributed by atoms with Crippen LogP contribution in [0.2, 0.25) is 0 Å². The minimum Gasteiger partial charge on any atom is -0.480 e. The summed E-state index contributed by atoms with van der Waals surface area (Å²) in [5.74, 6) is -1.57. The van der Waals surface area contributed by atoms with E-state index in [-0.39, 0.29) is 11.4 Å². The van der Waals surface area contributed by atoms with Crippen molar-refractivity contribution in [3.8, 4) is 0 Å². The van der Waals surface area contributed by atoms with E-state index in [4.69, 9.17) is 4.74 Å². The molecule has 3 aromatic rings. The summed E-state index contributed by atoms with van der Waals surface area (Å²) in [4.78, 5) is 30.5. The number of nitrogens with one attached hydrogen (secondary N) is 1. The minimum absolute atomic E-state index is 0.0287. The lowest BCUT2D eigenvalue weighted by molar-refractivity contribution is -0.141. The Kier molecular flexibility index (Phi) is 5.81.